The normalized spacial score (nSPS) is 17.2. The molecule has 130 valence electrons. The van der Waals surface area contributed by atoms with Crippen molar-refractivity contribution in [2.45, 2.75) is 6.10 Å². The standard InChI is InChI=1S/C17H18FN5O2/c1-22-6-5-20-16(17(22)24)21-10-12-11-23(7-8-25-12)15-4-2-3-14(18)13(15)9-19/h2-6,12H,7-8,10-11H2,1H3,(H,20,21)/t12-/m0/s1. The summed E-state index contributed by atoms with van der Waals surface area (Å²) in [4.78, 5) is 17.9. The highest BCUT2D eigenvalue weighted by Gasteiger charge is 2.23. The fourth-order valence-corrected chi connectivity index (χ4v) is 2.78. The van der Waals surface area contributed by atoms with Crippen LogP contribution in [0.15, 0.2) is 35.4 Å². The zero-order valence-corrected chi connectivity index (χ0v) is 13.8. The molecule has 0 saturated carbocycles. The summed E-state index contributed by atoms with van der Waals surface area (Å²) in [5.41, 5.74) is 0.381. The topological polar surface area (TPSA) is 83.2 Å². The van der Waals surface area contributed by atoms with Gasteiger partial charge >= 0.3 is 0 Å². The number of halogens is 1. The number of hydrogen-bond donors (Lipinski definition) is 1. The van der Waals surface area contributed by atoms with Gasteiger partial charge in [0, 0.05) is 39.1 Å². The third-order valence-corrected chi connectivity index (χ3v) is 4.10. The highest BCUT2D eigenvalue weighted by atomic mass is 19.1. The summed E-state index contributed by atoms with van der Waals surface area (Å²) in [6.45, 7) is 1.90. The smallest absolute Gasteiger partial charge is 0.293 e. The Morgan fingerprint density at radius 1 is 1.52 bits per heavy atom. The Balaban J connectivity index is 1.70. The molecule has 1 aromatic heterocycles. The summed E-state index contributed by atoms with van der Waals surface area (Å²) in [5.74, 6) is -0.271. The predicted octanol–water partition coefficient (Wildman–Crippen LogP) is 1.11. The fourth-order valence-electron chi connectivity index (χ4n) is 2.78. The number of rotatable bonds is 4. The molecular weight excluding hydrogens is 325 g/mol. The van der Waals surface area contributed by atoms with Crippen LogP contribution in [-0.4, -0.2) is 41.9 Å². The van der Waals surface area contributed by atoms with Crippen LogP contribution in [0.5, 0.6) is 0 Å². The van der Waals surface area contributed by atoms with Crippen molar-refractivity contribution in [3.63, 3.8) is 0 Å². The molecule has 3 rings (SSSR count). The van der Waals surface area contributed by atoms with E-state index in [1.165, 1.54) is 10.6 Å². The van der Waals surface area contributed by atoms with E-state index in [4.69, 9.17) is 4.74 Å². The number of anilines is 2. The molecule has 7 nitrogen and oxygen atoms in total. The second kappa shape index (κ2) is 7.32. The average Bonchev–Trinajstić information content (AvgIpc) is 2.63. The zero-order chi connectivity index (χ0) is 17.8. The van der Waals surface area contributed by atoms with Gasteiger partial charge in [0.05, 0.1) is 18.4 Å². The first-order valence-corrected chi connectivity index (χ1v) is 7.91. The maximum absolute atomic E-state index is 13.8. The summed E-state index contributed by atoms with van der Waals surface area (Å²) < 4.78 is 21.0. The average molecular weight is 343 g/mol. The van der Waals surface area contributed by atoms with Crippen molar-refractivity contribution in [3.8, 4) is 6.07 Å². The van der Waals surface area contributed by atoms with Gasteiger partial charge < -0.3 is 19.5 Å². The minimum Gasteiger partial charge on any atom is -0.373 e. The van der Waals surface area contributed by atoms with Crippen LogP contribution in [0.3, 0.4) is 0 Å². The van der Waals surface area contributed by atoms with Gasteiger partial charge in [-0.3, -0.25) is 4.79 Å². The van der Waals surface area contributed by atoms with Gasteiger partial charge in [0.25, 0.3) is 5.56 Å². The molecule has 1 aliphatic rings. The van der Waals surface area contributed by atoms with Crippen LogP contribution < -0.4 is 15.8 Å². The summed E-state index contributed by atoms with van der Waals surface area (Å²) in [7, 11) is 1.65. The summed E-state index contributed by atoms with van der Waals surface area (Å²) in [6.07, 6.45) is 2.92. The first-order chi connectivity index (χ1) is 12.1. The van der Waals surface area contributed by atoms with Gasteiger partial charge in [-0.25, -0.2) is 9.37 Å². The van der Waals surface area contributed by atoms with Crippen LogP contribution in [0.4, 0.5) is 15.9 Å². The monoisotopic (exact) mass is 343 g/mol. The van der Waals surface area contributed by atoms with Crippen molar-refractivity contribution in [1.82, 2.24) is 9.55 Å². The molecule has 1 N–H and O–H groups in total. The molecule has 8 heteroatoms. The first-order valence-electron chi connectivity index (χ1n) is 7.91. The molecule has 1 aliphatic heterocycles. The third kappa shape index (κ3) is 3.61. The van der Waals surface area contributed by atoms with Gasteiger partial charge in [-0.1, -0.05) is 6.07 Å². The Bertz CT molecular complexity index is 861. The van der Waals surface area contributed by atoms with Crippen LogP contribution in [0.1, 0.15) is 5.56 Å². The molecule has 0 aliphatic carbocycles. The highest BCUT2D eigenvalue weighted by Crippen LogP contribution is 2.24. The van der Waals surface area contributed by atoms with Crippen LogP contribution in [0, 0.1) is 17.1 Å². The number of nitriles is 1. The van der Waals surface area contributed by atoms with Crippen LogP contribution in [0.2, 0.25) is 0 Å². The van der Waals surface area contributed by atoms with Crippen LogP contribution in [-0.2, 0) is 11.8 Å². The van der Waals surface area contributed by atoms with Crippen molar-refractivity contribution in [1.29, 1.82) is 5.26 Å². The fraction of sp³-hybridized carbons (Fsp3) is 0.353. The van der Waals surface area contributed by atoms with E-state index in [0.717, 1.165) is 0 Å². The number of hydrogen-bond acceptors (Lipinski definition) is 6. The zero-order valence-electron chi connectivity index (χ0n) is 13.8. The van der Waals surface area contributed by atoms with Gasteiger partial charge in [-0.15, -0.1) is 0 Å². The van der Waals surface area contributed by atoms with E-state index >= 15 is 0 Å². The Labute approximate surface area is 144 Å². The molecule has 0 radical (unpaired) electrons. The SMILES string of the molecule is Cn1ccnc(NC[C@H]2CN(c3cccc(F)c3C#N)CCO2)c1=O. The number of aromatic nitrogens is 2. The van der Waals surface area contributed by atoms with E-state index in [1.807, 2.05) is 11.0 Å². The molecule has 0 amide bonds. The molecule has 1 fully saturated rings. The molecule has 1 atom stereocenters. The Hall–Kier alpha value is -2.92. The first kappa shape index (κ1) is 16.9. The molecule has 1 aromatic carbocycles. The van der Waals surface area contributed by atoms with E-state index in [9.17, 15) is 14.4 Å². The number of nitrogens with zero attached hydrogens (tertiary/aromatic N) is 4. The van der Waals surface area contributed by atoms with Crippen molar-refractivity contribution < 1.29 is 9.13 Å². The Morgan fingerprint density at radius 2 is 2.36 bits per heavy atom. The van der Waals surface area contributed by atoms with Gasteiger partial charge in [-0.05, 0) is 12.1 Å². The van der Waals surface area contributed by atoms with Gasteiger partial charge in [0.1, 0.15) is 17.4 Å². The number of aryl methyl sites for hydroxylation is 1. The van der Waals surface area contributed by atoms with Crippen molar-refractivity contribution in [2.24, 2.45) is 7.05 Å². The summed E-state index contributed by atoms with van der Waals surface area (Å²) in [6, 6.07) is 6.51. The van der Waals surface area contributed by atoms with Gasteiger partial charge in [-0.2, -0.15) is 5.26 Å². The molecule has 0 bridgehead atoms. The number of nitrogens with one attached hydrogen (secondary N) is 1. The lowest BCUT2D eigenvalue weighted by Crippen LogP contribution is -2.46. The molecule has 0 unspecified atom stereocenters. The molecule has 2 heterocycles. The summed E-state index contributed by atoms with van der Waals surface area (Å²) in [5, 5.41) is 12.2. The number of morpholine rings is 1. The van der Waals surface area contributed by atoms with Gasteiger partial charge in [0.2, 0.25) is 0 Å². The predicted molar refractivity (Wildman–Crippen MR) is 91.0 cm³/mol. The van der Waals surface area contributed by atoms with E-state index in [0.29, 0.717) is 31.9 Å². The van der Waals surface area contributed by atoms with E-state index in [2.05, 4.69) is 10.3 Å². The minimum absolute atomic E-state index is 0.0368. The van der Waals surface area contributed by atoms with Crippen LogP contribution in [0.25, 0.3) is 0 Å². The molecule has 1 saturated heterocycles. The lowest BCUT2D eigenvalue weighted by Gasteiger charge is -2.35. The Kier molecular flexibility index (Phi) is 4.95. The second-order valence-electron chi connectivity index (χ2n) is 5.76. The molecular formula is C17H18FN5O2. The van der Waals surface area contributed by atoms with Crippen LogP contribution >= 0.6 is 0 Å². The maximum atomic E-state index is 13.8. The Morgan fingerprint density at radius 3 is 3.16 bits per heavy atom. The van der Waals surface area contributed by atoms with Crippen molar-refractivity contribution in [3.05, 3.63) is 52.3 Å². The second-order valence-corrected chi connectivity index (χ2v) is 5.76. The van der Waals surface area contributed by atoms with Crippen molar-refractivity contribution >= 4 is 11.5 Å². The van der Waals surface area contributed by atoms with E-state index in [-0.39, 0.29) is 23.0 Å². The molecule has 25 heavy (non-hydrogen) atoms. The quantitative estimate of drug-likeness (QED) is 0.895. The minimum atomic E-state index is -0.529. The third-order valence-electron chi connectivity index (χ3n) is 4.10. The highest BCUT2D eigenvalue weighted by molar-refractivity contribution is 5.60. The van der Waals surface area contributed by atoms with Crippen molar-refractivity contribution in [2.75, 3.05) is 36.5 Å². The lowest BCUT2D eigenvalue weighted by atomic mass is 10.1. The van der Waals surface area contributed by atoms with E-state index in [1.54, 1.807) is 31.6 Å². The van der Waals surface area contributed by atoms with Gasteiger partial charge in [0.15, 0.2) is 5.82 Å². The largest absolute Gasteiger partial charge is 0.373 e. The molecule has 0 spiro atoms. The number of ether oxygens (including phenoxy) is 1. The maximum Gasteiger partial charge on any atom is 0.293 e. The number of benzene rings is 1. The lowest BCUT2D eigenvalue weighted by molar-refractivity contribution is 0.0491. The van der Waals surface area contributed by atoms with E-state index < -0.39 is 5.82 Å². The summed E-state index contributed by atoms with van der Waals surface area (Å²) >= 11 is 0. The molecule has 2 aromatic rings.